The fourth-order valence-corrected chi connectivity index (χ4v) is 3.19. The van der Waals surface area contributed by atoms with E-state index < -0.39 is 0 Å². The van der Waals surface area contributed by atoms with Gasteiger partial charge in [0.2, 0.25) is 5.91 Å². The minimum atomic E-state index is -0.0379. The summed E-state index contributed by atoms with van der Waals surface area (Å²) in [4.78, 5) is 19.5. The molecule has 3 rings (SSSR count). The van der Waals surface area contributed by atoms with Crippen molar-refractivity contribution in [2.24, 2.45) is 4.99 Å². The number of amides is 1. The third-order valence-corrected chi connectivity index (χ3v) is 4.89. The molecule has 0 fully saturated rings. The van der Waals surface area contributed by atoms with E-state index in [1.807, 2.05) is 36.4 Å². The van der Waals surface area contributed by atoms with Crippen LogP contribution >= 0.6 is 39.9 Å². The topological polar surface area (TPSA) is 81.3 Å². The van der Waals surface area contributed by atoms with Gasteiger partial charge in [0, 0.05) is 53.8 Å². The number of anilines is 1. The van der Waals surface area contributed by atoms with Crippen LogP contribution in [0.2, 0.25) is 0 Å². The van der Waals surface area contributed by atoms with Crippen LogP contribution in [0.5, 0.6) is 0 Å². The molecule has 0 aliphatic carbocycles. The van der Waals surface area contributed by atoms with Crippen LogP contribution < -0.4 is 16.0 Å². The van der Waals surface area contributed by atoms with Gasteiger partial charge in [-0.1, -0.05) is 34.1 Å². The molecule has 0 atom stereocenters. The van der Waals surface area contributed by atoms with Crippen LogP contribution in [0, 0.1) is 0 Å². The van der Waals surface area contributed by atoms with Crippen molar-refractivity contribution >= 4 is 68.4 Å². The van der Waals surface area contributed by atoms with E-state index >= 15 is 0 Å². The lowest BCUT2D eigenvalue weighted by Crippen LogP contribution is -2.39. The number of benzene rings is 2. The van der Waals surface area contributed by atoms with Crippen LogP contribution in [0.25, 0.3) is 10.9 Å². The number of carbonyl (C=O) groups excluding carboxylic acids is 1. The lowest BCUT2D eigenvalue weighted by Gasteiger charge is -2.12. The van der Waals surface area contributed by atoms with Gasteiger partial charge in [-0.15, -0.1) is 24.0 Å². The number of para-hydroxylation sites is 1. The van der Waals surface area contributed by atoms with E-state index in [4.69, 9.17) is 0 Å². The maximum absolute atomic E-state index is 12.0. The molecule has 6 nitrogen and oxygen atoms in total. The number of guanidine groups is 1. The number of aromatic amines is 1. The van der Waals surface area contributed by atoms with Crippen LogP contribution in [0.4, 0.5) is 5.69 Å². The number of fused-ring (bicyclic) bond motifs is 1. The molecule has 4 N–H and O–H groups in total. The molecule has 0 unspecified atom stereocenters. The number of carbonyl (C=O) groups is 1. The van der Waals surface area contributed by atoms with Crippen LogP contribution in [0.3, 0.4) is 0 Å². The standard InChI is InChI=1S/C21H24BrN5O.HI/c1-23-21(24-12-10-15-14-26-19-5-3-2-4-18(15)19)25-13-11-20(28)27-17-8-6-16(22)7-9-17;/h2-9,14,26H,10-13H2,1H3,(H,27,28)(H2,23,24,25);1H. The first-order valence-corrected chi connectivity index (χ1v) is 10.00. The molecule has 0 saturated carbocycles. The van der Waals surface area contributed by atoms with Crippen LogP contribution in [-0.4, -0.2) is 37.0 Å². The van der Waals surface area contributed by atoms with Gasteiger partial charge in [-0.25, -0.2) is 0 Å². The Balaban J connectivity index is 0.00000300. The second-order valence-corrected chi connectivity index (χ2v) is 7.26. The monoisotopic (exact) mass is 569 g/mol. The third kappa shape index (κ3) is 7.04. The van der Waals surface area contributed by atoms with Gasteiger partial charge in [0.1, 0.15) is 0 Å². The second-order valence-electron chi connectivity index (χ2n) is 6.34. The number of hydrogen-bond acceptors (Lipinski definition) is 2. The summed E-state index contributed by atoms with van der Waals surface area (Å²) in [6, 6.07) is 15.8. The summed E-state index contributed by atoms with van der Waals surface area (Å²) in [5.74, 6) is 0.653. The average molecular weight is 570 g/mol. The predicted molar refractivity (Wildman–Crippen MR) is 134 cm³/mol. The van der Waals surface area contributed by atoms with Crippen LogP contribution in [0.1, 0.15) is 12.0 Å². The first kappa shape index (κ1) is 23.2. The van der Waals surface area contributed by atoms with Crippen molar-refractivity contribution in [2.45, 2.75) is 12.8 Å². The van der Waals surface area contributed by atoms with Crippen molar-refractivity contribution in [3.05, 3.63) is 64.8 Å². The van der Waals surface area contributed by atoms with Crippen molar-refractivity contribution in [1.82, 2.24) is 15.6 Å². The lowest BCUT2D eigenvalue weighted by molar-refractivity contribution is -0.116. The van der Waals surface area contributed by atoms with Gasteiger partial charge in [0.05, 0.1) is 0 Å². The Kier molecular flexibility index (Phi) is 9.46. The number of nitrogens with one attached hydrogen (secondary N) is 4. The summed E-state index contributed by atoms with van der Waals surface area (Å²) in [5.41, 5.74) is 3.21. The molecule has 0 saturated heterocycles. The van der Waals surface area contributed by atoms with E-state index in [0.717, 1.165) is 28.6 Å². The zero-order chi connectivity index (χ0) is 19.8. The Bertz CT molecular complexity index is 955. The summed E-state index contributed by atoms with van der Waals surface area (Å²) in [6.45, 7) is 1.27. The lowest BCUT2D eigenvalue weighted by atomic mass is 10.1. The zero-order valence-electron chi connectivity index (χ0n) is 16.2. The molecule has 0 spiro atoms. The van der Waals surface area contributed by atoms with Crippen LogP contribution in [-0.2, 0) is 11.2 Å². The van der Waals surface area contributed by atoms with E-state index in [9.17, 15) is 4.79 Å². The molecule has 1 amide bonds. The first-order chi connectivity index (χ1) is 13.7. The van der Waals surface area contributed by atoms with Crippen molar-refractivity contribution in [3.63, 3.8) is 0 Å². The van der Waals surface area contributed by atoms with Gasteiger partial charge >= 0.3 is 0 Å². The zero-order valence-corrected chi connectivity index (χ0v) is 20.1. The largest absolute Gasteiger partial charge is 0.361 e. The Hall–Kier alpha value is -2.07. The highest BCUT2D eigenvalue weighted by atomic mass is 127. The van der Waals surface area contributed by atoms with Gasteiger partial charge in [0.25, 0.3) is 0 Å². The summed E-state index contributed by atoms with van der Waals surface area (Å²) >= 11 is 3.38. The molecular weight excluding hydrogens is 545 g/mol. The molecule has 8 heteroatoms. The molecule has 1 heterocycles. The maximum atomic E-state index is 12.0. The number of hydrogen-bond donors (Lipinski definition) is 4. The molecule has 3 aromatic rings. The van der Waals surface area contributed by atoms with Crippen molar-refractivity contribution in [3.8, 4) is 0 Å². The number of nitrogens with zero attached hydrogens (tertiary/aromatic N) is 1. The Morgan fingerprint density at radius 3 is 2.55 bits per heavy atom. The van der Waals surface area contributed by atoms with Gasteiger partial charge < -0.3 is 20.9 Å². The molecule has 154 valence electrons. The van der Waals surface area contributed by atoms with Crippen molar-refractivity contribution in [1.29, 1.82) is 0 Å². The SMILES string of the molecule is CN=C(NCCC(=O)Nc1ccc(Br)cc1)NCCc1c[nH]c2ccccc12.I. The average Bonchev–Trinajstić information content (AvgIpc) is 3.12. The molecule has 0 bridgehead atoms. The summed E-state index contributed by atoms with van der Waals surface area (Å²) in [5, 5.41) is 10.6. The number of halogens is 2. The first-order valence-electron chi connectivity index (χ1n) is 9.20. The molecule has 0 radical (unpaired) electrons. The van der Waals surface area contributed by atoms with E-state index in [2.05, 4.69) is 60.2 Å². The Morgan fingerprint density at radius 1 is 1.07 bits per heavy atom. The highest BCUT2D eigenvalue weighted by molar-refractivity contribution is 14.0. The van der Waals surface area contributed by atoms with Crippen LogP contribution in [0.15, 0.2) is 64.2 Å². The third-order valence-electron chi connectivity index (χ3n) is 4.36. The van der Waals surface area contributed by atoms with Crippen molar-refractivity contribution in [2.75, 3.05) is 25.5 Å². The van der Waals surface area contributed by atoms with E-state index in [-0.39, 0.29) is 29.9 Å². The predicted octanol–water partition coefficient (Wildman–Crippen LogP) is 4.28. The highest BCUT2D eigenvalue weighted by Gasteiger charge is 2.05. The van der Waals surface area contributed by atoms with E-state index in [1.54, 1.807) is 7.05 Å². The number of H-pyrrole nitrogens is 1. The number of rotatable bonds is 7. The molecular formula is C21H25BrIN5O. The molecule has 29 heavy (non-hydrogen) atoms. The van der Waals surface area contributed by atoms with Gasteiger partial charge in [-0.3, -0.25) is 9.79 Å². The minimum absolute atomic E-state index is 0. The summed E-state index contributed by atoms with van der Waals surface area (Å²) in [7, 11) is 1.73. The number of aliphatic imine (C=N–C) groups is 1. The molecule has 2 aromatic carbocycles. The van der Waals surface area contributed by atoms with Gasteiger partial charge in [-0.05, 0) is 42.3 Å². The maximum Gasteiger partial charge on any atom is 0.226 e. The van der Waals surface area contributed by atoms with E-state index in [1.165, 1.54) is 10.9 Å². The molecule has 0 aliphatic heterocycles. The Morgan fingerprint density at radius 2 is 1.79 bits per heavy atom. The van der Waals surface area contributed by atoms with Gasteiger partial charge in [0.15, 0.2) is 5.96 Å². The smallest absolute Gasteiger partial charge is 0.226 e. The van der Waals surface area contributed by atoms with E-state index in [0.29, 0.717) is 18.9 Å². The van der Waals surface area contributed by atoms with Gasteiger partial charge in [-0.2, -0.15) is 0 Å². The normalized spacial score (nSPS) is 11.0. The summed E-state index contributed by atoms with van der Waals surface area (Å²) in [6.07, 6.45) is 3.29. The van der Waals surface area contributed by atoms with Crippen molar-refractivity contribution < 1.29 is 4.79 Å². The Labute approximate surface area is 196 Å². The molecule has 0 aliphatic rings. The quantitative estimate of drug-likeness (QED) is 0.195. The second kappa shape index (κ2) is 11.8. The number of aromatic nitrogens is 1. The fourth-order valence-electron chi connectivity index (χ4n) is 2.93. The minimum Gasteiger partial charge on any atom is -0.361 e. The fraction of sp³-hybridized carbons (Fsp3) is 0.238. The molecule has 1 aromatic heterocycles. The highest BCUT2D eigenvalue weighted by Crippen LogP contribution is 2.17. The summed E-state index contributed by atoms with van der Waals surface area (Å²) < 4.78 is 0.981.